The lowest BCUT2D eigenvalue weighted by Gasteiger charge is -2.09. The number of hydrogen-bond acceptors (Lipinski definition) is 2. The lowest BCUT2D eigenvalue weighted by Crippen LogP contribution is -2.23. The van der Waals surface area contributed by atoms with Crippen LogP contribution in [-0.2, 0) is 6.54 Å². The average Bonchev–Trinajstić information content (AvgIpc) is 2.13. The van der Waals surface area contributed by atoms with Crippen LogP contribution in [0.1, 0.15) is 38.8 Å². The first kappa shape index (κ1) is 11.4. The lowest BCUT2D eigenvalue weighted by molar-refractivity contribution is 0.625. The molecule has 4 heteroatoms. The van der Waals surface area contributed by atoms with Crippen molar-refractivity contribution in [1.82, 2.24) is 9.55 Å². The van der Waals surface area contributed by atoms with Gasteiger partial charge in [-0.1, -0.05) is 20.8 Å². The van der Waals surface area contributed by atoms with Crippen LogP contribution in [0.5, 0.6) is 0 Å². The van der Waals surface area contributed by atoms with E-state index in [0.717, 1.165) is 18.7 Å². The quantitative estimate of drug-likeness (QED) is 0.836. The highest BCUT2D eigenvalue weighted by molar-refractivity contribution is 9.10. The molecule has 0 N–H and O–H groups in total. The van der Waals surface area contributed by atoms with Gasteiger partial charge in [0.15, 0.2) is 0 Å². The van der Waals surface area contributed by atoms with E-state index >= 15 is 0 Å². The number of halogens is 1. The largest absolute Gasteiger partial charge is 0.298 e. The third-order valence-corrected chi connectivity index (χ3v) is 2.77. The Morgan fingerprint density at radius 3 is 2.71 bits per heavy atom. The van der Waals surface area contributed by atoms with Gasteiger partial charge in [0.25, 0.3) is 5.56 Å². The summed E-state index contributed by atoms with van der Waals surface area (Å²) in [5.74, 6) is 0.272. The predicted octanol–water partition coefficient (Wildman–Crippen LogP) is 2.54. The number of rotatable bonds is 3. The molecule has 0 unspecified atom stereocenters. The molecule has 0 aliphatic carbocycles. The Bertz CT molecular complexity index is 371. The standard InChI is InChI=1S/C10H15BrN2O/c1-4-5-13-6-12-9(7(2)3)8(11)10(13)14/h6-7H,4-5H2,1-3H3. The maximum absolute atomic E-state index is 11.8. The SMILES string of the molecule is CCCn1cnc(C(C)C)c(Br)c1=O. The second-order valence-electron chi connectivity index (χ2n) is 3.60. The molecule has 3 nitrogen and oxygen atoms in total. The van der Waals surface area contributed by atoms with E-state index in [-0.39, 0.29) is 11.5 Å². The zero-order chi connectivity index (χ0) is 10.7. The molecule has 1 aromatic heterocycles. The Balaban J connectivity index is 3.20. The molecule has 0 aromatic carbocycles. The summed E-state index contributed by atoms with van der Waals surface area (Å²) >= 11 is 3.31. The summed E-state index contributed by atoms with van der Waals surface area (Å²) in [7, 11) is 0. The van der Waals surface area contributed by atoms with E-state index in [1.165, 1.54) is 0 Å². The summed E-state index contributed by atoms with van der Waals surface area (Å²) in [6.45, 7) is 6.81. The third kappa shape index (κ3) is 2.23. The first-order valence-corrected chi connectivity index (χ1v) is 5.62. The molecule has 1 aromatic rings. The molecule has 14 heavy (non-hydrogen) atoms. The third-order valence-electron chi connectivity index (χ3n) is 2.02. The van der Waals surface area contributed by atoms with E-state index in [1.807, 2.05) is 20.8 Å². The maximum atomic E-state index is 11.8. The average molecular weight is 259 g/mol. The zero-order valence-corrected chi connectivity index (χ0v) is 10.3. The molecular formula is C10H15BrN2O. The molecule has 0 aliphatic heterocycles. The molecule has 0 radical (unpaired) electrons. The van der Waals surface area contributed by atoms with Gasteiger partial charge in [0.05, 0.1) is 12.0 Å². The van der Waals surface area contributed by atoms with E-state index in [0.29, 0.717) is 4.47 Å². The molecule has 0 atom stereocenters. The fourth-order valence-corrected chi connectivity index (χ4v) is 2.07. The van der Waals surface area contributed by atoms with Crippen LogP contribution in [0.2, 0.25) is 0 Å². The van der Waals surface area contributed by atoms with Gasteiger partial charge in [0.1, 0.15) is 4.47 Å². The molecule has 78 valence electrons. The second-order valence-corrected chi connectivity index (χ2v) is 4.39. The van der Waals surface area contributed by atoms with Crippen molar-refractivity contribution in [3.8, 4) is 0 Å². The molecule has 0 spiro atoms. The van der Waals surface area contributed by atoms with Gasteiger partial charge in [-0.05, 0) is 28.3 Å². The first-order valence-electron chi connectivity index (χ1n) is 4.82. The first-order chi connectivity index (χ1) is 6.57. The highest BCUT2D eigenvalue weighted by Gasteiger charge is 2.11. The van der Waals surface area contributed by atoms with Crippen LogP contribution in [0.15, 0.2) is 15.6 Å². The molecule has 1 rings (SSSR count). The van der Waals surface area contributed by atoms with Crippen LogP contribution in [0.25, 0.3) is 0 Å². The summed E-state index contributed by atoms with van der Waals surface area (Å²) in [5.41, 5.74) is 0.855. The van der Waals surface area contributed by atoms with Gasteiger partial charge in [-0.2, -0.15) is 0 Å². The minimum absolute atomic E-state index is 0.0190. The summed E-state index contributed by atoms with van der Waals surface area (Å²) in [4.78, 5) is 16.0. The summed E-state index contributed by atoms with van der Waals surface area (Å²) in [6, 6.07) is 0. The van der Waals surface area contributed by atoms with Crippen molar-refractivity contribution in [1.29, 1.82) is 0 Å². The van der Waals surface area contributed by atoms with Crippen molar-refractivity contribution in [3.05, 3.63) is 26.8 Å². The highest BCUT2D eigenvalue weighted by atomic mass is 79.9. The topological polar surface area (TPSA) is 34.9 Å². The molecule has 0 bridgehead atoms. The van der Waals surface area contributed by atoms with Crippen molar-refractivity contribution < 1.29 is 0 Å². The van der Waals surface area contributed by atoms with Crippen molar-refractivity contribution in [2.24, 2.45) is 0 Å². The van der Waals surface area contributed by atoms with Gasteiger partial charge in [0, 0.05) is 6.54 Å². The Hall–Kier alpha value is -0.640. The molecule has 0 saturated heterocycles. The Kier molecular flexibility index (Phi) is 3.86. The minimum atomic E-state index is 0.0190. The van der Waals surface area contributed by atoms with E-state index in [4.69, 9.17) is 0 Å². The predicted molar refractivity (Wildman–Crippen MR) is 60.6 cm³/mol. The molecule has 0 fully saturated rings. The Labute approximate surface area is 92.3 Å². The normalized spacial score (nSPS) is 10.9. The minimum Gasteiger partial charge on any atom is -0.298 e. The van der Waals surface area contributed by atoms with Crippen molar-refractivity contribution in [2.75, 3.05) is 0 Å². The second kappa shape index (κ2) is 4.73. The van der Waals surface area contributed by atoms with Crippen molar-refractivity contribution in [2.45, 2.75) is 39.7 Å². The van der Waals surface area contributed by atoms with Gasteiger partial charge in [-0.15, -0.1) is 0 Å². The fourth-order valence-electron chi connectivity index (χ4n) is 1.28. The van der Waals surface area contributed by atoms with E-state index < -0.39 is 0 Å². The van der Waals surface area contributed by atoms with Crippen LogP contribution >= 0.6 is 15.9 Å². The van der Waals surface area contributed by atoms with Gasteiger partial charge in [0.2, 0.25) is 0 Å². The summed E-state index contributed by atoms with van der Waals surface area (Å²) < 4.78 is 2.24. The number of aryl methyl sites for hydroxylation is 1. The summed E-state index contributed by atoms with van der Waals surface area (Å²) in [5, 5.41) is 0. The number of aromatic nitrogens is 2. The van der Waals surface area contributed by atoms with Gasteiger partial charge < -0.3 is 0 Å². The molecule has 0 saturated carbocycles. The number of hydrogen-bond donors (Lipinski definition) is 0. The highest BCUT2D eigenvalue weighted by Crippen LogP contribution is 2.17. The Morgan fingerprint density at radius 1 is 1.57 bits per heavy atom. The number of nitrogens with zero attached hydrogens (tertiary/aromatic N) is 2. The summed E-state index contributed by atoms with van der Waals surface area (Å²) in [6.07, 6.45) is 2.57. The lowest BCUT2D eigenvalue weighted by atomic mass is 10.1. The molecular weight excluding hydrogens is 244 g/mol. The van der Waals surface area contributed by atoms with E-state index in [1.54, 1.807) is 10.9 Å². The van der Waals surface area contributed by atoms with Crippen LogP contribution < -0.4 is 5.56 Å². The Morgan fingerprint density at radius 2 is 2.21 bits per heavy atom. The monoisotopic (exact) mass is 258 g/mol. The van der Waals surface area contributed by atoms with Crippen LogP contribution in [-0.4, -0.2) is 9.55 Å². The fraction of sp³-hybridized carbons (Fsp3) is 0.600. The van der Waals surface area contributed by atoms with E-state index in [2.05, 4.69) is 20.9 Å². The molecule has 1 heterocycles. The van der Waals surface area contributed by atoms with Crippen LogP contribution in [0.4, 0.5) is 0 Å². The maximum Gasteiger partial charge on any atom is 0.267 e. The van der Waals surface area contributed by atoms with Gasteiger partial charge >= 0.3 is 0 Å². The van der Waals surface area contributed by atoms with E-state index in [9.17, 15) is 4.79 Å². The smallest absolute Gasteiger partial charge is 0.267 e. The van der Waals surface area contributed by atoms with Crippen LogP contribution in [0.3, 0.4) is 0 Å². The van der Waals surface area contributed by atoms with Gasteiger partial charge in [-0.25, -0.2) is 4.98 Å². The van der Waals surface area contributed by atoms with Crippen molar-refractivity contribution >= 4 is 15.9 Å². The van der Waals surface area contributed by atoms with Gasteiger partial charge in [-0.3, -0.25) is 9.36 Å². The zero-order valence-electron chi connectivity index (χ0n) is 8.75. The molecule has 0 amide bonds. The van der Waals surface area contributed by atoms with Crippen LogP contribution in [0, 0.1) is 0 Å². The molecule has 0 aliphatic rings. The van der Waals surface area contributed by atoms with Crippen molar-refractivity contribution in [3.63, 3.8) is 0 Å².